The van der Waals surface area contributed by atoms with Crippen molar-refractivity contribution in [1.82, 2.24) is 0 Å². The molecule has 1 N–H and O–H groups in total. The summed E-state index contributed by atoms with van der Waals surface area (Å²) in [5, 5.41) is 8.48. The van der Waals surface area contributed by atoms with Gasteiger partial charge in [-0.3, -0.25) is 4.79 Å². The zero-order chi connectivity index (χ0) is 11.1. The molecular weight excluding hydrogens is 208 g/mol. The number of carboxylic acid groups (broad SMARTS) is 1. The van der Waals surface area contributed by atoms with Gasteiger partial charge in [0.05, 0.1) is 6.42 Å². The van der Waals surface area contributed by atoms with E-state index in [1.54, 1.807) is 11.8 Å². The third kappa shape index (κ3) is 4.21. The van der Waals surface area contributed by atoms with Crippen molar-refractivity contribution >= 4 is 23.8 Å². The Morgan fingerprint density at radius 2 is 2.20 bits per heavy atom. The quantitative estimate of drug-likeness (QED) is 0.752. The summed E-state index contributed by atoms with van der Waals surface area (Å²) in [5.74, 6) is 0.760. The van der Waals surface area contributed by atoms with Crippen LogP contribution >= 0.6 is 11.8 Å². The minimum Gasteiger partial charge on any atom is -0.481 e. The van der Waals surface area contributed by atoms with Crippen LogP contribution in [0.2, 0.25) is 0 Å². The van der Waals surface area contributed by atoms with E-state index in [0.717, 1.165) is 11.3 Å². The zero-order valence-electron chi connectivity index (χ0n) is 8.48. The smallest absolute Gasteiger partial charge is 0.304 e. The van der Waals surface area contributed by atoms with Crippen LogP contribution in [-0.2, 0) is 10.5 Å². The molecule has 0 saturated carbocycles. The molecule has 15 heavy (non-hydrogen) atoms. The van der Waals surface area contributed by atoms with Crippen LogP contribution < -0.4 is 0 Å². The van der Waals surface area contributed by atoms with Crippen LogP contribution in [0, 0.1) is 0 Å². The second-order valence-corrected chi connectivity index (χ2v) is 4.20. The van der Waals surface area contributed by atoms with Gasteiger partial charge in [0, 0.05) is 11.5 Å². The van der Waals surface area contributed by atoms with Crippen LogP contribution in [0.4, 0.5) is 0 Å². The maximum atomic E-state index is 10.3. The minimum atomic E-state index is -0.737. The van der Waals surface area contributed by atoms with Gasteiger partial charge in [0.2, 0.25) is 0 Å². The molecule has 0 aliphatic heterocycles. The zero-order valence-corrected chi connectivity index (χ0v) is 9.30. The number of rotatable bonds is 6. The predicted octanol–water partition coefficient (Wildman–Crippen LogP) is 3.04. The molecule has 0 amide bonds. The fourth-order valence-corrected chi connectivity index (χ4v) is 2.15. The highest BCUT2D eigenvalue weighted by atomic mass is 32.2. The van der Waals surface area contributed by atoms with E-state index < -0.39 is 5.97 Å². The van der Waals surface area contributed by atoms with Crippen LogP contribution in [0.25, 0.3) is 6.08 Å². The molecule has 3 heteroatoms. The molecule has 1 aromatic carbocycles. The highest BCUT2D eigenvalue weighted by Crippen LogP contribution is 2.17. The second kappa shape index (κ2) is 6.30. The van der Waals surface area contributed by atoms with Crippen LogP contribution in [0.15, 0.2) is 30.8 Å². The molecule has 0 bridgehead atoms. The van der Waals surface area contributed by atoms with Crippen molar-refractivity contribution in [3.63, 3.8) is 0 Å². The number of aliphatic carboxylic acids is 1. The molecule has 0 spiro atoms. The van der Waals surface area contributed by atoms with Gasteiger partial charge in [-0.15, -0.1) is 0 Å². The van der Waals surface area contributed by atoms with Crippen molar-refractivity contribution in [3.05, 3.63) is 42.0 Å². The van der Waals surface area contributed by atoms with Crippen molar-refractivity contribution in [3.8, 4) is 0 Å². The highest BCUT2D eigenvalue weighted by Gasteiger charge is 2.00. The maximum absolute atomic E-state index is 10.3. The van der Waals surface area contributed by atoms with Crippen molar-refractivity contribution in [2.75, 3.05) is 5.75 Å². The van der Waals surface area contributed by atoms with Crippen LogP contribution in [0.1, 0.15) is 17.5 Å². The fourth-order valence-electron chi connectivity index (χ4n) is 1.21. The molecule has 0 aliphatic carbocycles. The average molecular weight is 222 g/mol. The summed E-state index contributed by atoms with van der Waals surface area (Å²) in [6.07, 6.45) is 2.05. The topological polar surface area (TPSA) is 37.3 Å². The molecule has 0 fully saturated rings. The molecule has 2 nitrogen and oxygen atoms in total. The Labute approximate surface area is 94.0 Å². The molecule has 0 heterocycles. The molecule has 0 radical (unpaired) electrons. The average Bonchev–Trinajstić information content (AvgIpc) is 2.24. The third-order valence-electron chi connectivity index (χ3n) is 1.99. The molecule has 0 aliphatic rings. The maximum Gasteiger partial charge on any atom is 0.304 e. The Kier molecular flexibility index (Phi) is 4.98. The monoisotopic (exact) mass is 222 g/mol. The summed E-state index contributed by atoms with van der Waals surface area (Å²) in [6, 6.07) is 8.02. The third-order valence-corrected chi connectivity index (χ3v) is 3.00. The van der Waals surface area contributed by atoms with Gasteiger partial charge in [-0.1, -0.05) is 36.9 Å². The molecule has 0 unspecified atom stereocenters. The van der Waals surface area contributed by atoms with Gasteiger partial charge in [-0.05, 0) is 11.1 Å². The number of benzene rings is 1. The van der Waals surface area contributed by atoms with Gasteiger partial charge >= 0.3 is 5.97 Å². The largest absolute Gasteiger partial charge is 0.481 e. The lowest BCUT2D eigenvalue weighted by molar-refractivity contribution is -0.136. The van der Waals surface area contributed by atoms with E-state index in [-0.39, 0.29) is 6.42 Å². The number of thioether (sulfide) groups is 1. The van der Waals surface area contributed by atoms with Gasteiger partial charge < -0.3 is 5.11 Å². The molecule has 0 saturated heterocycles. The Morgan fingerprint density at radius 3 is 2.87 bits per heavy atom. The van der Waals surface area contributed by atoms with Crippen molar-refractivity contribution in [1.29, 1.82) is 0 Å². The Hall–Kier alpha value is -1.22. The lowest BCUT2D eigenvalue weighted by atomic mass is 10.1. The molecule has 0 aromatic heterocycles. The second-order valence-electron chi connectivity index (χ2n) is 3.10. The van der Waals surface area contributed by atoms with Gasteiger partial charge in [-0.2, -0.15) is 11.8 Å². The van der Waals surface area contributed by atoms with Crippen molar-refractivity contribution < 1.29 is 9.90 Å². The summed E-state index contributed by atoms with van der Waals surface area (Å²) < 4.78 is 0. The molecular formula is C12H14O2S. The first-order valence-corrected chi connectivity index (χ1v) is 5.89. The summed E-state index contributed by atoms with van der Waals surface area (Å²) >= 11 is 1.64. The van der Waals surface area contributed by atoms with E-state index in [4.69, 9.17) is 5.11 Å². The lowest BCUT2D eigenvalue weighted by Crippen LogP contribution is -1.96. The normalized spacial score (nSPS) is 9.87. The summed E-state index contributed by atoms with van der Waals surface area (Å²) in [7, 11) is 0. The molecule has 80 valence electrons. The number of carbonyl (C=O) groups is 1. The lowest BCUT2D eigenvalue weighted by Gasteiger charge is -2.04. The standard InChI is InChI=1S/C12H14O2S/c1-2-10-5-3-4-6-11(10)9-15-8-7-12(13)14/h2-6H,1,7-9H2,(H,13,14). The summed E-state index contributed by atoms with van der Waals surface area (Å²) in [4.78, 5) is 10.3. The Morgan fingerprint density at radius 1 is 1.47 bits per heavy atom. The molecule has 1 rings (SSSR count). The number of carboxylic acids is 1. The van der Waals surface area contributed by atoms with Gasteiger partial charge in [0.15, 0.2) is 0 Å². The van der Waals surface area contributed by atoms with E-state index in [9.17, 15) is 4.79 Å². The van der Waals surface area contributed by atoms with Crippen LogP contribution in [0.3, 0.4) is 0 Å². The molecule has 1 aromatic rings. The first-order chi connectivity index (χ1) is 7.24. The van der Waals surface area contributed by atoms with Gasteiger partial charge in [0.25, 0.3) is 0 Å². The SMILES string of the molecule is C=Cc1ccccc1CSCCC(=O)O. The van der Waals surface area contributed by atoms with Gasteiger partial charge in [0.1, 0.15) is 0 Å². The Bertz CT molecular complexity index is 347. The van der Waals surface area contributed by atoms with Gasteiger partial charge in [-0.25, -0.2) is 0 Å². The first-order valence-electron chi connectivity index (χ1n) is 4.74. The van der Waals surface area contributed by atoms with E-state index in [1.807, 2.05) is 30.3 Å². The number of hydrogen-bond acceptors (Lipinski definition) is 2. The van der Waals surface area contributed by atoms with Crippen LogP contribution in [-0.4, -0.2) is 16.8 Å². The van der Waals surface area contributed by atoms with E-state index in [2.05, 4.69) is 6.58 Å². The van der Waals surface area contributed by atoms with Crippen molar-refractivity contribution in [2.45, 2.75) is 12.2 Å². The predicted molar refractivity (Wildman–Crippen MR) is 64.9 cm³/mol. The fraction of sp³-hybridized carbons (Fsp3) is 0.250. The number of hydrogen-bond donors (Lipinski definition) is 1. The van der Waals surface area contributed by atoms with E-state index >= 15 is 0 Å². The summed E-state index contributed by atoms with van der Waals surface area (Å²) in [6.45, 7) is 3.74. The van der Waals surface area contributed by atoms with Crippen LogP contribution in [0.5, 0.6) is 0 Å². The van der Waals surface area contributed by atoms with E-state index in [1.165, 1.54) is 5.56 Å². The minimum absolute atomic E-state index is 0.223. The Balaban J connectivity index is 2.43. The highest BCUT2D eigenvalue weighted by molar-refractivity contribution is 7.98. The first kappa shape index (κ1) is 11.9. The van der Waals surface area contributed by atoms with Crippen molar-refractivity contribution in [2.24, 2.45) is 0 Å². The summed E-state index contributed by atoms with van der Waals surface area (Å²) in [5.41, 5.74) is 2.34. The molecule has 0 atom stereocenters. The van der Waals surface area contributed by atoms with E-state index in [0.29, 0.717) is 5.75 Å².